The summed E-state index contributed by atoms with van der Waals surface area (Å²) in [6.45, 7) is 4.39. The molecule has 0 radical (unpaired) electrons. The molecule has 0 fully saturated rings. The van der Waals surface area contributed by atoms with E-state index in [1.165, 1.54) is 6.07 Å². The Balaban J connectivity index is 2.42. The van der Waals surface area contributed by atoms with Crippen molar-refractivity contribution in [3.63, 3.8) is 0 Å². The number of benzene rings is 1. The summed E-state index contributed by atoms with van der Waals surface area (Å²) in [6, 6.07) is 5.36. The van der Waals surface area contributed by atoms with Gasteiger partial charge in [0.15, 0.2) is 0 Å². The highest BCUT2D eigenvalue weighted by atomic mass is 19.1. The first kappa shape index (κ1) is 10.2. The van der Waals surface area contributed by atoms with E-state index in [2.05, 4.69) is 31.9 Å². The van der Waals surface area contributed by atoms with Crippen LogP contribution in [-0.4, -0.2) is 13.1 Å². The van der Waals surface area contributed by atoms with E-state index in [4.69, 9.17) is 0 Å². The minimum Gasteiger partial charge on any atom is -0.367 e. The van der Waals surface area contributed by atoms with Crippen molar-refractivity contribution in [1.82, 2.24) is 0 Å². The SMILES string of the molecule is CC(C)C1C=Cc2cc(F)ccc2N1C. The van der Waals surface area contributed by atoms with Gasteiger partial charge in [0.25, 0.3) is 0 Å². The lowest BCUT2D eigenvalue weighted by atomic mass is 9.96. The molecule has 1 unspecified atom stereocenters. The molecule has 0 aliphatic carbocycles. The molecule has 1 nitrogen and oxygen atoms in total. The van der Waals surface area contributed by atoms with Crippen LogP contribution in [0.2, 0.25) is 0 Å². The van der Waals surface area contributed by atoms with Crippen LogP contribution in [0.25, 0.3) is 6.08 Å². The number of fused-ring (bicyclic) bond motifs is 1. The Morgan fingerprint density at radius 3 is 2.73 bits per heavy atom. The monoisotopic (exact) mass is 205 g/mol. The fourth-order valence-electron chi connectivity index (χ4n) is 2.14. The molecule has 1 aliphatic heterocycles. The molecule has 2 rings (SSSR count). The molecule has 80 valence electrons. The average Bonchev–Trinajstić information content (AvgIpc) is 2.17. The van der Waals surface area contributed by atoms with Crippen molar-refractivity contribution in [2.24, 2.45) is 5.92 Å². The highest BCUT2D eigenvalue weighted by Crippen LogP contribution is 2.30. The summed E-state index contributed by atoms with van der Waals surface area (Å²) < 4.78 is 13.0. The van der Waals surface area contributed by atoms with Gasteiger partial charge < -0.3 is 4.90 Å². The Hall–Kier alpha value is -1.31. The van der Waals surface area contributed by atoms with Crippen molar-refractivity contribution in [2.45, 2.75) is 19.9 Å². The van der Waals surface area contributed by atoms with Crippen LogP contribution in [0, 0.1) is 11.7 Å². The lowest BCUT2D eigenvalue weighted by molar-refractivity contribution is 0.544. The number of halogens is 1. The predicted molar refractivity (Wildman–Crippen MR) is 62.5 cm³/mol. The van der Waals surface area contributed by atoms with Crippen molar-refractivity contribution >= 4 is 11.8 Å². The van der Waals surface area contributed by atoms with Gasteiger partial charge in [0.05, 0.1) is 0 Å². The Morgan fingerprint density at radius 1 is 1.33 bits per heavy atom. The summed E-state index contributed by atoms with van der Waals surface area (Å²) in [5, 5.41) is 0. The number of anilines is 1. The summed E-state index contributed by atoms with van der Waals surface area (Å²) >= 11 is 0. The third-order valence-corrected chi connectivity index (χ3v) is 2.97. The third kappa shape index (κ3) is 1.76. The second-order valence-electron chi connectivity index (χ2n) is 4.41. The molecule has 0 spiro atoms. The normalized spacial score (nSPS) is 19.5. The smallest absolute Gasteiger partial charge is 0.123 e. The maximum atomic E-state index is 13.0. The lowest BCUT2D eigenvalue weighted by Gasteiger charge is -2.34. The van der Waals surface area contributed by atoms with Gasteiger partial charge in [-0.25, -0.2) is 4.39 Å². The van der Waals surface area contributed by atoms with Crippen LogP contribution in [0.3, 0.4) is 0 Å². The molecule has 0 amide bonds. The van der Waals surface area contributed by atoms with E-state index >= 15 is 0 Å². The largest absolute Gasteiger partial charge is 0.367 e. The van der Waals surface area contributed by atoms with E-state index < -0.39 is 0 Å². The molecule has 1 heterocycles. The van der Waals surface area contributed by atoms with Crippen LogP contribution >= 0.6 is 0 Å². The maximum Gasteiger partial charge on any atom is 0.123 e. The summed E-state index contributed by atoms with van der Waals surface area (Å²) in [7, 11) is 2.06. The topological polar surface area (TPSA) is 3.24 Å². The summed E-state index contributed by atoms with van der Waals surface area (Å²) in [5.74, 6) is 0.388. The highest BCUT2D eigenvalue weighted by molar-refractivity contribution is 5.72. The van der Waals surface area contributed by atoms with Gasteiger partial charge in [0.1, 0.15) is 5.82 Å². The second-order valence-corrected chi connectivity index (χ2v) is 4.41. The fraction of sp³-hybridized carbons (Fsp3) is 0.385. The summed E-state index contributed by atoms with van der Waals surface area (Å²) in [6.07, 6.45) is 4.16. The molecule has 1 aliphatic rings. The standard InChI is InChI=1S/C13H16FN/c1-9(2)12-6-4-10-8-11(14)5-7-13(10)15(12)3/h4-9,12H,1-3H3. The van der Waals surface area contributed by atoms with Crippen molar-refractivity contribution in [3.05, 3.63) is 35.7 Å². The van der Waals surface area contributed by atoms with Crippen molar-refractivity contribution < 1.29 is 4.39 Å². The van der Waals surface area contributed by atoms with E-state index in [1.54, 1.807) is 6.07 Å². The minimum atomic E-state index is -0.171. The van der Waals surface area contributed by atoms with E-state index in [0.29, 0.717) is 12.0 Å². The van der Waals surface area contributed by atoms with Crippen LogP contribution in [0.15, 0.2) is 24.3 Å². The Labute approximate surface area is 90.2 Å². The Bertz CT molecular complexity index is 396. The van der Waals surface area contributed by atoms with Crippen LogP contribution in [-0.2, 0) is 0 Å². The molecule has 1 aromatic rings. The van der Waals surface area contributed by atoms with Gasteiger partial charge in [-0.1, -0.05) is 26.0 Å². The van der Waals surface area contributed by atoms with E-state index in [0.717, 1.165) is 11.3 Å². The Morgan fingerprint density at radius 2 is 2.07 bits per heavy atom. The average molecular weight is 205 g/mol. The van der Waals surface area contributed by atoms with Gasteiger partial charge in [-0.2, -0.15) is 0 Å². The molecular formula is C13H16FN. The number of likely N-dealkylation sites (N-methyl/N-ethyl adjacent to an activating group) is 1. The molecule has 2 heteroatoms. The molecular weight excluding hydrogens is 189 g/mol. The number of nitrogens with zero attached hydrogens (tertiary/aromatic N) is 1. The van der Waals surface area contributed by atoms with Crippen LogP contribution in [0.5, 0.6) is 0 Å². The first-order valence-corrected chi connectivity index (χ1v) is 5.30. The van der Waals surface area contributed by atoms with Gasteiger partial charge in [0.2, 0.25) is 0 Å². The first-order valence-electron chi connectivity index (χ1n) is 5.30. The van der Waals surface area contributed by atoms with Gasteiger partial charge >= 0.3 is 0 Å². The Kier molecular flexibility index (Phi) is 2.51. The molecule has 0 saturated carbocycles. The fourth-order valence-corrected chi connectivity index (χ4v) is 2.14. The molecule has 0 saturated heterocycles. The maximum absolute atomic E-state index is 13.0. The van der Waals surface area contributed by atoms with Crippen molar-refractivity contribution in [2.75, 3.05) is 11.9 Å². The van der Waals surface area contributed by atoms with Crippen molar-refractivity contribution in [3.8, 4) is 0 Å². The number of hydrogen-bond donors (Lipinski definition) is 0. The van der Waals surface area contributed by atoms with E-state index in [-0.39, 0.29) is 5.82 Å². The van der Waals surface area contributed by atoms with Gasteiger partial charge in [-0.05, 0) is 24.1 Å². The van der Waals surface area contributed by atoms with Gasteiger partial charge in [0, 0.05) is 24.3 Å². The first-order chi connectivity index (χ1) is 7.09. The molecule has 1 aromatic carbocycles. The molecule has 0 bridgehead atoms. The summed E-state index contributed by atoms with van der Waals surface area (Å²) in [5.41, 5.74) is 2.08. The zero-order valence-corrected chi connectivity index (χ0v) is 9.37. The van der Waals surface area contributed by atoms with Crippen LogP contribution in [0.1, 0.15) is 19.4 Å². The zero-order chi connectivity index (χ0) is 11.0. The van der Waals surface area contributed by atoms with Gasteiger partial charge in [-0.3, -0.25) is 0 Å². The predicted octanol–water partition coefficient (Wildman–Crippen LogP) is 3.31. The van der Waals surface area contributed by atoms with Gasteiger partial charge in [-0.15, -0.1) is 0 Å². The lowest BCUT2D eigenvalue weighted by Crippen LogP contribution is -2.36. The van der Waals surface area contributed by atoms with Crippen molar-refractivity contribution in [1.29, 1.82) is 0 Å². The molecule has 1 atom stereocenters. The third-order valence-electron chi connectivity index (χ3n) is 2.97. The summed E-state index contributed by atoms with van der Waals surface area (Å²) in [4.78, 5) is 2.21. The molecule has 0 N–H and O–H groups in total. The quantitative estimate of drug-likeness (QED) is 0.680. The molecule has 0 aromatic heterocycles. The van der Waals surface area contributed by atoms with Crippen LogP contribution < -0.4 is 4.90 Å². The zero-order valence-electron chi connectivity index (χ0n) is 9.37. The van der Waals surface area contributed by atoms with E-state index in [9.17, 15) is 4.39 Å². The number of hydrogen-bond acceptors (Lipinski definition) is 1. The number of rotatable bonds is 1. The molecule has 15 heavy (non-hydrogen) atoms. The highest BCUT2D eigenvalue weighted by Gasteiger charge is 2.21. The minimum absolute atomic E-state index is 0.171. The van der Waals surface area contributed by atoms with Crippen LogP contribution in [0.4, 0.5) is 10.1 Å². The van der Waals surface area contributed by atoms with E-state index in [1.807, 2.05) is 12.1 Å². The second kappa shape index (κ2) is 3.69.